The Kier molecular flexibility index (Phi) is 3.75. The number of thiocarbonyl (C=S) groups is 1. The van der Waals surface area contributed by atoms with E-state index in [1.54, 1.807) is 12.1 Å². The van der Waals surface area contributed by atoms with Gasteiger partial charge < -0.3 is 10.8 Å². The lowest BCUT2D eigenvalue weighted by molar-refractivity contribution is 0.123. The van der Waals surface area contributed by atoms with Crippen LogP contribution in [-0.2, 0) is 6.54 Å². The van der Waals surface area contributed by atoms with Crippen molar-refractivity contribution in [2.75, 3.05) is 13.1 Å². The molecule has 1 saturated heterocycles. The fraction of sp³-hybridized carbons (Fsp3) is 0.533. The van der Waals surface area contributed by atoms with Gasteiger partial charge in [0, 0.05) is 31.1 Å². The topological polar surface area (TPSA) is 49.5 Å². The van der Waals surface area contributed by atoms with Crippen LogP contribution in [0.4, 0.5) is 4.39 Å². The van der Waals surface area contributed by atoms with E-state index < -0.39 is 0 Å². The van der Waals surface area contributed by atoms with Crippen LogP contribution in [0.3, 0.4) is 0 Å². The number of fused-ring (bicyclic) bond motifs is 1. The van der Waals surface area contributed by atoms with Crippen molar-refractivity contribution in [3.8, 4) is 0 Å². The molecule has 0 amide bonds. The smallest absolute Gasteiger partial charge is 0.133 e. The van der Waals surface area contributed by atoms with Gasteiger partial charge in [0.25, 0.3) is 0 Å². The summed E-state index contributed by atoms with van der Waals surface area (Å²) in [6, 6.07) is 4.94. The zero-order chi connectivity index (χ0) is 14.3. The average molecular weight is 294 g/mol. The van der Waals surface area contributed by atoms with Crippen molar-refractivity contribution in [1.82, 2.24) is 4.90 Å². The highest BCUT2D eigenvalue weighted by molar-refractivity contribution is 7.80. The molecule has 1 saturated carbocycles. The molecule has 0 radical (unpaired) electrons. The minimum Gasteiger partial charge on any atom is -0.393 e. The van der Waals surface area contributed by atoms with Gasteiger partial charge in [0.2, 0.25) is 0 Å². The molecule has 3 rings (SSSR count). The van der Waals surface area contributed by atoms with Crippen LogP contribution in [0.2, 0.25) is 0 Å². The molecule has 1 aromatic rings. The molecule has 2 aliphatic rings. The van der Waals surface area contributed by atoms with Gasteiger partial charge in [0.1, 0.15) is 10.8 Å². The molecule has 108 valence electrons. The van der Waals surface area contributed by atoms with E-state index in [2.05, 4.69) is 4.90 Å². The summed E-state index contributed by atoms with van der Waals surface area (Å²) in [7, 11) is 0. The van der Waals surface area contributed by atoms with Gasteiger partial charge in [-0.05, 0) is 36.5 Å². The molecule has 0 bridgehead atoms. The highest BCUT2D eigenvalue weighted by Gasteiger charge is 2.41. The third-order valence-electron chi connectivity index (χ3n) is 4.60. The van der Waals surface area contributed by atoms with E-state index in [1.807, 2.05) is 0 Å². The summed E-state index contributed by atoms with van der Waals surface area (Å²) >= 11 is 4.86. The van der Waals surface area contributed by atoms with Gasteiger partial charge in [-0.25, -0.2) is 4.39 Å². The van der Waals surface area contributed by atoms with E-state index >= 15 is 0 Å². The summed E-state index contributed by atoms with van der Waals surface area (Å²) in [5, 5.41) is 9.93. The summed E-state index contributed by atoms with van der Waals surface area (Å²) < 4.78 is 13.6. The number of rotatable bonds is 3. The van der Waals surface area contributed by atoms with Crippen LogP contribution >= 0.6 is 12.2 Å². The Labute approximate surface area is 123 Å². The number of nitrogens with two attached hydrogens (primary N) is 1. The SMILES string of the molecule is NC(=S)c1cc(CN2CC3CCC(O)C3C2)ccc1F. The van der Waals surface area contributed by atoms with Gasteiger partial charge in [0.15, 0.2) is 0 Å². The third-order valence-corrected chi connectivity index (χ3v) is 4.82. The second kappa shape index (κ2) is 5.39. The highest BCUT2D eigenvalue weighted by Crippen LogP contribution is 2.38. The van der Waals surface area contributed by atoms with Gasteiger partial charge in [-0.1, -0.05) is 18.3 Å². The average Bonchev–Trinajstić information content (AvgIpc) is 2.94. The van der Waals surface area contributed by atoms with Gasteiger partial charge in [0.05, 0.1) is 6.10 Å². The molecule has 20 heavy (non-hydrogen) atoms. The lowest BCUT2D eigenvalue weighted by atomic mass is 10.00. The van der Waals surface area contributed by atoms with E-state index in [1.165, 1.54) is 6.07 Å². The summed E-state index contributed by atoms with van der Waals surface area (Å²) in [6.07, 6.45) is 1.90. The van der Waals surface area contributed by atoms with E-state index in [-0.39, 0.29) is 16.9 Å². The molecule has 2 fully saturated rings. The number of aliphatic hydroxyl groups is 1. The molecule has 3 unspecified atom stereocenters. The zero-order valence-electron chi connectivity index (χ0n) is 11.3. The first-order chi connectivity index (χ1) is 9.54. The first-order valence-corrected chi connectivity index (χ1v) is 7.44. The van der Waals surface area contributed by atoms with Crippen molar-refractivity contribution < 1.29 is 9.50 Å². The Hall–Kier alpha value is -1.04. The lowest BCUT2D eigenvalue weighted by Crippen LogP contribution is -2.24. The standard InChI is InChI=1S/C15H19FN2OS/c16-13-3-1-9(5-11(13)15(17)20)6-18-7-10-2-4-14(19)12(10)8-18/h1,3,5,10,12,14,19H,2,4,6-8H2,(H2,17,20). The van der Waals surface area contributed by atoms with Gasteiger partial charge in [-0.15, -0.1) is 0 Å². The minimum absolute atomic E-state index is 0.0954. The number of halogens is 1. The first-order valence-electron chi connectivity index (χ1n) is 7.03. The summed E-state index contributed by atoms with van der Waals surface area (Å²) in [5.74, 6) is 0.654. The molecule has 3 nitrogen and oxygen atoms in total. The molecule has 0 aromatic heterocycles. The van der Waals surface area contributed by atoms with E-state index in [0.717, 1.165) is 38.0 Å². The maximum atomic E-state index is 13.6. The second-order valence-electron chi connectivity index (χ2n) is 5.94. The van der Waals surface area contributed by atoms with Crippen molar-refractivity contribution in [2.45, 2.75) is 25.5 Å². The Bertz CT molecular complexity index is 537. The van der Waals surface area contributed by atoms with E-state index in [9.17, 15) is 9.50 Å². The molecule has 1 heterocycles. The Morgan fingerprint density at radius 3 is 2.90 bits per heavy atom. The summed E-state index contributed by atoms with van der Waals surface area (Å²) in [6.45, 7) is 2.70. The number of likely N-dealkylation sites (tertiary alicyclic amines) is 1. The van der Waals surface area contributed by atoms with Crippen molar-refractivity contribution >= 4 is 17.2 Å². The molecule has 5 heteroatoms. The number of hydrogen-bond acceptors (Lipinski definition) is 3. The van der Waals surface area contributed by atoms with E-state index in [4.69, 9.17) is 18.0 Å². The van der Waals surface area contributed by atoms with Crippen molar-refractivity contribution in [3.05, 3.63) is 35.1 Å². The third kappa shape index (κ3) is 2.57. The lowest BCUT2D eigenvalue weighted by Gasteiger charge is -2.18. The quantitative estimate of drug-likeness (QED) is 0.833. The monoisotopic (exact) mass is 294 g/mol. The molecular weight excluding hydrogens is 275 g/mol. The molecular formula is C15H19FN2OS. The first kappa shape index (κ1) is 13.9. The number of benzene rings is 1. The molecule has 1 aliphatic carbocycles. The minimum atomic E-state index is -0.366. The van der Waals surface area contributed by atoms with Gasteiger partial charge in [-0.2, -0.15) is 0 Å². The fourth-order valence-electron chi connectivity index (χ4n) is 3.58. The Balaban J connectivity index is 1.70. The zero-order valence-corrected chi connectivity index (χ0v) is 12.1. The Morgan fingerprint density at radius 2 is 2.20 bits per heavy atom. The number of hydrogen-bond donors (Lipinski definition) is 2. The maximum Gasteiger partial charge on any atom is 0.133 e. The molecule has 3 atom stereocenters. The normalized spacial score (nSPS) is 29.6. The predicted octanol–water partition coefficient (Wildman–Crippen LogP) is 1.66. The van der Waals surface area contributed by atoms with Crippen molar-refractivity contribution in [3.63, 3.8) is 0 Å². The van der Waals surface area contributed by atoms with Crippen molar-refractivity contribution in [2.24, 2.45) is 17.6 Å². The summed E-state index contributed by atoms with van der Waals surface area (Å²) in [5.41, 5.74) is 6.86. The van der Waals surface area contributed by atoms with Crippen LogP contribution in [0.5, 0.6) is 0 Å². The van der Waals surface area contributed by atoms with Crippen LogP contribution in [0, 0.1) is 17.7 Å². The predicted molar refractivity (Wildman–Crippen MR) is 79.8 cm³/mol. The van der Waals surface area contributed by atoms with Crippen LogP contribution in [0.25, 0.3) is 0 Å². The van der Waals surface area contributed by atoms with Crippen LogP contribution in [-0.4, -0.2) is 34.2 Å². The Morgan fingerprint density at radius 1 is 1.40 bits per heavy atom. The molecule has 0 spiro atoms. The molecule has 1 aliphatic heterocycles. The highest BCUT2D eigenvalue weighted by atomic mass is 32.1. The largest absolute Gasteiger partial charge is 0.393 e. The van der Waals surface area contributed by atoms with Gasteiger partial charge >= 0.3 is 0 Å². The van der Waals surface area contributed by atoms with Crippen LogP contribution in [0.1, 0.15) is 24.0 Å². The fourth-order valence-corrected chi connectivity index (χ4v) is 3.73. The van der Waals surface area contributed by atoms with Crippen LogP contribution < -0.4 is 5.73 Å². The molecule has 1 aromatic carbocycles. The van der Waals surface area contributed by atoms with Crippen LogP contribution in [0.15, 0.2) is 18.2 Å². The maximum absolute atomic E-state index is 13.6. The van der Waals surface area contributed by atoms with Crippen molar-refractivity contribution in [1.29, 1.82) is 0 Å². The van der Waals surface area contributed by atoms with E-state index in [0.29, 0.717) is 17.4 Å². The number of nitrogens with zero attached hydrogens (tertiary/aromatic N) is 1. The molecule has 3 N–H and O–H groups in total. The second-order valence-corrected chi connectivity index (χ2v) is 6.38. The number of aliphatic hydroxyl groups excluding tert-OH is 1. The van der Waals surface area contributed by atoms with Gasteiger partial charge in [-0.3, -0.25) is 4.90 Å². The summed E-state index contributed by atoms with van der Waals surface area (Å²) in [4.78, 5) is 2.42.